The summed E-state index contributed by atoms with van der Waals surface area (Å²) in [4.78, 5) is 12.9. The summed E-state index contributed by atoms with van der Waals surface area (Å²) < 4.78 is 24.6. The van der Waals surface area contributed by atoms with E-state index in [-0.39, 0.29) is 11.7 Å². The topological polar surface area (TPSA) is 47.6 Å². The van der Waals surface area contributed by atoms with E-state index in [2.05, 4.69) is 5.32 Å². The van der Waals surface area contributed by atoms with E-state index in [4.69, 9.17) is 9.47 Å². The number of amides is 1. The molecule has 2 aromatic rings. The van der Waals surface area contributed by atoms with Crippen LogP contribution in [-0.2, 0) is 5.54 Å². The molecule has 26 heavy (non-hydrogen) atoms. The van der Waals surface area contributed by atoms with Crippen LogP contribution in [0.4, 0.5) is 4.39 Å². The zero-order valence-electron chi connectivity index (χ0n) is 14.6. The molecule has 2 aromatic carbocycles. The molecular formula is C21H22FNO3. The standard InChI is InChI=1S/C21H22FNO3/c22-17-7-5-16(6-8-17)21(10-1-2-11-21)23-20(24)15-4-9-18-19(14-15)26-13-3-12-25-18/h4-9,14H,1-3,10-13H2,(H,23,24). The van der Waals surface area contributed by atoms with Crippen molar-refractivity contribution < 1.29 is 18.7 Å². The molecule has 0 spiro atoms. The molecule has 4 nitrogen and oxygen atoms in total. The van der Waals surface area contributed by atoms with E-state index in [9.17, 15) is 9.18 Å². The first-order chi connectivity index (χ1) is 12.7. The van der Waals surface area contributed by atoms with Crippen LogP contribution in [0.1, 0.15) is 48.0 Å². The highest BCUT2D eigenvalue weighted by Crippen LogP contribution is 2.39. The highest BCUT2D eigenvalue weighted by atomic mass is 19.1. The van der Waals surface area contributed by atoms with E-state index < -0.39 is 5.54 Å². The average molecular weight is 355 g/mol. The van der Waals surface area contributed by atoms with Crippen LogP contribution in [0.2, 0.25) is 0 Å². The maximum Gasteiger partial charge on any atom is 0.252 e. The Balaban J connectivity index is 1.59. The molecule has 1 N–H and O–H groups in total. The van der Waals surface area contributed by atoms with Gasteiger partial charge >= 0.3 is 0 Å². The molecule has 1 aliphatic heterocycles. The summed E-state index contributed by atoms with van der Waals surface area (Å²) in [6, 6.07) is 11.7. The minimum atomic E-state index is -0.436. The van der Waals surface area contributed by atoms with Crippen molar-refractivity contribution in [3.8, 4) is 11.5 Å². The third-order valence-corrected chi connectivity index (χ3v) is 5.22. The van der Waals surface area contributed by atoms with Crippen LogP contribution in [0.3, 0.4) is 0 Å². The zero-order valence-corrected chi connectivity index (χ0v) is 14.6. The summed E-state index contributed by atoms with van der Waals surface area (Å²) >= 11 is 0. The van der Waals surface area contributed by atoms with E-state index in [0.717, 1.165) is 37.7 Å². The van der Waals surface area contributed by atoms with Gasteiger partial charge in [0.05, 0.1) is 18.8 Å². The van der Waals surface area contributed by atoms with Gasteiger partial charge in [-0.1, -0.05) is 25.0 Å². The number of benzene rings is 2. The smallest absolute Gasteiger partial charge is 0.252 e. The van der Waals surface area contributed by atoms with Gasteiger partial charge in [0.1, 0.15) is 5.82 Å². The third kappa shape index (κ3) is 3.26. The van der Waals surface area contributed by atoms with E-state index in [0.29, 0.717) is 30.3 Å². The van der Waals surface area contributed by atoms with E-state index >= 15 is 0 Å². The van der Waals surface area contributed by atoms with Gasteiger partial charge < -0.3 is 14.8 Å². The van der Waals surface area contributed by atoms with Crippen LogP contribution in [0.5, 0.6) is 11.5 Å². The number of rotatable bonds is 3. The van der Waals surface area contributed by atoms with Gasteiger partial charge in [-0.05, 0) is 48.7 Å². The molecule has 0 bridgehead atoms. The van der Waals surface area contributed by atoms with Crippen LogP contribution in [0, 0.1) is 5.82 Å². The minimum absolute atomic E-state index is 0.146. The van der Waals surface area contributed by atoms with E-state index in [1.165, 1.54) is 12.1 Å². The fourth-order valence-electron chi connectivity index (χ4n) is 3.83. The average Bonchev–Trinajstić information content (AvgIpc) is 2.99. The maximum absolute atomic E-state index is 13.3. The normalized spacial score (nSPS) is 18.2. The molecule has 136 valence electrons. The first-order valence-corrected chi connectivity index (χ1v) is 9.15. The molecule has 1 saturated carbocycles. The van der Waals surface area contributed by atoms with Gasteiger partial charge in [0.15, 0.2) is 11.5 Å². The number of fused-ring (bicyclic) bond motifs is 1. The Morgan fingerprint density at radius 1 is 0.923 bits per heavy atom. The number of ether oxygens (including phenoxy) is 2. The fraction of sp³-hybridized carbons (Fsp3) is 0.381. The third-order valence-electron chi connectivity index (χ3n) is 5.22. The molecule has 1 aliphatic carbocycles. The van der Waals surface area contributed by atoms with Gasteiger partial charge in [0.2, 0.25) is 0 Å². The van der Waals surface area contributed by atoms with Gasteiger partial charge in [-0.3, -0.25) is 4.79 Å². The molecule has 2 aliphatic rings. The van der Waals surface area contributed by atoms with E-state index in [1.54, 1.807) is 30.3 Å². The SMILES string of the molecule is O=C(NC1(c2ccc(F)cc2)CCCC1)c1ccc2c(c1)OCCCO2. The minimum Gasteiger partial charge on any atom is -0.490 e. The van der Waals surface area contributed by atoms with Crippen LogP contribution < -0.4 is 14.8 Å². The lowest BCUT2D eigenvalue weighted by Gasteiger charge is -2.31. The Kier molecular flexibility index (Phi) is 4.53. The molecule has 0 aromatic heterocycles. The Hall–Kier alpha value is -2.56. The number of carbonyl (C=O) groups excluding carboxylic acids is 1. The lowest BCUT2D eigenvalue weighted by atomic mass is 9.87. The second-order valence-electron chi connectivity index (χ2n) is 6.96. The molecule has 1 fully saturated rings. The van der Waals surface area contributed by atoms with Crippen LogP contribution in [0.25, 0.3) is 0 Å². The zero-order chi connectivity index (χ0) is 18.0. The Bertz CT molecular complexity index is 797. The Morgan fingerprint density at radius 3 is 2.35 bits per heavy atom. The molecular weight excluding hydrogens is 333 g/mol. The van der Waals surface area contributed by atoms with Crippen molar-refractivity contribution in [2.24, 2.45) is 0 Å². The molecule has 0 saturated heterocycles. The van der Waals surface area contributed by atoms with Crippen LogP contribution in [0.15, 0.2) is 42.5 Å². The summed E-state index contributed by atoms with van der Waals surface area (Å²) in [7, 11) is 0. The van der Waals surface area contributed by atoms with Gasteiger partial charge in [-0.2, -0.15) is 0 Å². The molecule has 0 radical (unpaired) electrons. The van der Waals surface area contributed by atoms with Crippen molar-refractivity contribution in [2.75, 3.05) is 13.2 Å². The van der Waals surface area contributed by atoms with Crippen molar-refractivity contribution in [3.63, 3.8) is 0 Å². The fourth-order valence-corrected chi connectivity index (χ4v) is 3.83. The van der Waals surface area contributed by atoms with Gasteiger partial charge in [0, 0.05) is 12.0 Å². The Labute approximate surface area is 152 Å². The van der Waals surface area contributed by atoms with Crippen molar-refractivity contribution in [3.05, 3.63) is 59.4 Å². The van der Waals surface area contributed by atoms with Crippen molar-refractivity contribution >= 4 is 5.91 Å². The highest BCUT2D eigenvalue weighted by Gasteiger charge is 2.37. The lowest BCUT2D eigenvalue weighted by Crippen LogP contribution is -2.43. The first kappa shape index (κ1) is 16.9. The molecule has 1 amide bonds. The predicted octanol–water partition coefficient (Wildman–Crippen LogP) is 4.19. The van der Waals surface area contributed by atoms with Gasteiger partial charge in [-0.15, -0.1) is 0 Å². The predicted molar refractivity (Wildman–Crippen MR) is 96.1 cm³/mol. The highest BCUT2D eigenvalue weighted by molar-refractivity contribution is 5.95. The van der Waals surface area contributed by atoms with Crippen molar-refractivity contribution in [1.29, 1.82) is 0 Å². The summed E-state index contributed by atoms with van der Waals surface area (Å²) in [5.74, 6) is 0.869. The molecule has 5 heteroatoms. The molecule has 4 rings (SSSR count). The lowest BCUT2D eigenvalue weighted by molar-refractivity contribution is 0.0897. The van der Waals surface area contributed by atoms with Gasteiger partial charge in [0.25, 0.3) is 5.91 Å². The largest absolute Gasteiger partial charge is 0.490 e. The van der Waals surface area contributed by atoms with E-state index in [1.807, 2.05) is 0 Å². The second-order valence-corrected chi connectivity index (χ2v) is 6.96. The molecule has 1 heterocycles. The summed E-state index contributed by atoms with van der Waals surface area (Å²) in [5.41, 5.74) is 1.07. The van der Waals surface area contributed by atoms with Gasteiger partial charge in [-0.25, -0.2) is 4.39 Å². The number of carbonyl (C=O) groups is 1. The monoisotopic (exact) mass is 355 g/mol. The number of hydrogen-bond acceptors (Lipinski definition) is 3. The molecule has 0 atom stereocenters. The van der Waals surface area contributed by atoms with Crippen molar-refractivity contribution in [2.45, 2.75) is 37.6 Å². The second kappa shape index (κ2) is 6.98. The van der Waals surface area contributed by atoms with Crippen molar-refractivity contribution in [1.82, 2.24) is 5.32 Å². The van der Waals surface area contributed by atoms with Crippen LogP contribution in [-0.4, -0.2) is 19.1 Å². The number of nitrogens with one attached hydrogen (secondary N) is 1. The first-order valence-electron chi connectivity index (χ1n) is 9.15. The number of hydrogen-bond donors (Lipinski definition) is 1. The summed E-state index contributed by atoms with van der Waals surface area (Å²) in [6.45, 7) is 1.20. The maximum atomic E-state index is 13.3. The summed E-state index contributed by atoms with van der Waals surface area (Å²) in [5, 5.41) is 3.21. The quantitative estimate of drug-likeness (QED) is 0.898. The summed E-state index contributed by atoms with van der Waals surface area (Å²) in [6.07, 6.45) is 4.62. The number of halogens is 1. The Morgan fingerprint density at radius 2 is 1.62 bits per heavy atom. The van der Waals surface area contributed by atoms with Crippen LogP contribution >= 0.6 is 0 Å². The molecule has 0 unspecified atom stereocenters.